The molecule has 114 valence electrons. The fourth-order valence-electron chi connectivity index (χ4n) is 1.92. The molecule has 3 N–H and O–H groups in total. The van der Waals surface area contributed by atoms with Crippen LogP contribution in [0.2, 0.25) is 0 Å². The maximum absolute atomic E-state index is 13.8. The smallest absolute Gasteiger partial charge is 0.241 e. The molecule has 0 atom stereocenters. The van der Waals surface area contributed by atoms with Gasteiger partial charge in [0.15, 0.2) is 0 Å². The average molecular weight is 312 g/mol. The van der Waals surface area contributed by atoms with E-state index in [1.54, 1.807) is 24.1 Å². The molecule has 8 heteroatoms. The van der Waals surface area contributed by atoms with E-state index in [1.165, 1.54) is 19.1 Å². The monoisotopic (exact) mass is 312 g/mol. The van der Waals surface area contributed by atoms with Gasteiger partial charge in [-0.25, -0.2) is 17.5 Å². The molecule has 0 bridgehead atoms. The van der Waals surface area contributed by atoms with Crippen LogP contribution in [0, 0.1) is 12.7 Å². The summed E-state index contributed by atoms with van der Waals surface area (Å²) in [5.41, 5.74) is 6.68. The first kappa shape index (κ1) is 15.6. The van der Waals surface area contributed by atoms with Crippen LogP contribution in [0.4, 0.5) is 4.39 Å². The number of hydrogen-bond donors (Lipinski definition) is 2. The normalized spacial score (nSPS) is 11.8. The zero-order valence-corrected chi connectivity index (χ0v) is 12.6. The van der Waals surface area contributed by atoms with Crippen molar-refractivity contribution in [2.24, 2.45) is 12.8 Å². The molecular weight excluding hydrogens is 295 g/mol. The zero-order chi connectivity index (χ0) is 15.6. The minimum atomic E-state index is -3.82. The van der Waals surface area contributed by atoms with Gasteiger partial charge in [-0.05, 0) is 24.6 Å². The maximum atomic E-state index is 13.8. The predicted molar refractivity (Wildman–Crippen MR) is 76.3 cm³/mol. The van der Waals surface area contributed by atoms with Gasteiger partial charge in [-0.3, -0.25) is 4.68 Å². The van der Waals surface area contributed by atoms with Gasteiger partial charge in [0.2, 0.25) is 10.0 Å². The van der Waals surface area contributed by atoms with E-state index in [1.807, 2.05) is 0 Å². The lowest BCUT2D eigenvalue weighted by Crippen LogP contribution is -2.24. The summed E-state index contributed by atoms with van der Waals surface area (Å²) in [6, 6.07) is 2.64. The van der Waals surface area contributed by atoms with Crippen LogP contribution in [0.5, 0.6) is 0 Å². The molecule has 1 heterocycles. The van der Waals surface area contributed by atoms with E-state index < -0.39 is 15.8 Å². The van der Waals surface area contributed by atoms with Crippen LogP contribution in [-0.4, -0.2) is 18.2 Å². The second-order valence-electron chi connectivity index (χ2n) is 4.75. The predicted octanol–water partition coefficient (Wildman–Crippen LogP) is 0.805. The third-order valence-electron chi connectivity index (χ3n) is 3.11. The standard InChI is InChI=1S/C13H17FN4O2S/c1-9-12(14)3-10(5-15)4-13(9)21(19,20)17-7-11-6-16-18(2)8-11/h3-4,6,8,17H,5,7,15H2,1-2H3. The molecule has 0 saturated carbocycles. The van der Waals surface area contributed by atoms with E-state index in [4.69, 9.17) is 5.73 Å². The molecule has 0 unspecified atom stereocenters. The molecule has 0 amide bonds. The Morgan fingerprint density at radius 2 is 2.10 bits per heavy atom. The molecule has 21 heavy (non-hydrogen) atoms. The number of benzene rings is 1. The third kappa shape index (κ3) is 3.46. The van der Waals surface area contributed by atoms with Crippen molar-refractivity contribution >= 4 is 10.0 Å². The highest BCUT2D eigenvalue weighted by molar-refractivity contribution is 7.89. The molecule has 2 rings (SSSR count). The molecule has 2 aromatic rings. The highest BCUT2D eigenvalue weighted by Gasteiger charge is 2.20. The summed E-state index contributed by atoms with van der Waals surface area (Å²) in [4.78, 5) is -0.0909. The van der Waals surface area contributed by atoms with Gasteiger partial charge >= 0.3 is 0 Å². The average Bonchev–Trinajstić information content (AvgIpc) is 2.85. The van der Waals surface area contributed by atoms with Crippen molar-refractivity contribution in [3.8, 4) is 0 Å². The largest absolute Gasteiger partial charge is 0.326 e. The second-order valence-corrected chi connectivity index (χ2v) is 6.49. The van der Waals surface area contributed by atoms with Crippen molar-refractivity contribution in [2.45, 2.75) is 24.9 Å². The molecule has 6 nitrogen and oxygen atoms in total. The Hall–Kier alpha value is -1.77. The molecule has 0 radical (unpaired) electrons. The Morgan fingerprint density at radius 1 is 1.38 bits per heavy atom. The number of nitrogens with zero attached hydrogens (tertiary/aromatic N) is 2. The molecule has 1 aromatic heterocycles. The molecular formula is C13H17FN4O2S. The van der Waals surface area contributed by atoms with Gasteiger partial charge in [0.05, 0.1) is 11.1 Å². The molecule has 0 fully saturated rings. The SMILES string of the molecule is Cc1c(F)cc(CN)cc1S(=O)(=O)NCc1cnn(C)c1. The number of aromatic nitrogens is 2. The first-order chi connectivity index (χ1) is 9.83. The summed E-state index contributed by atoms with van der Waals surface area (Å²) >= 11 is 0. The van der Waals surface area contributed by atoms with Crippen LogP contribution in [0.3, 0.4) is 0 Å². The van der Waals surface area contributed by atoms with E-state index in [0.29, 0.717) is 11.1 Å². The summed E-state index contributed by atoms with van der Waals surface area (Å²) in [6.45, 7) is 1.58. The maximum Gasteiger partial charge on any atom is 0.241 e. The lowest BCUT2D eigenvalue weighted by molar-refractivity contribution is 0.573. The van der Waals surface area contributed by atoms with Crippen LogP contribution >= 0.6 is 0 Å². The Morgan fingerprint density at radius 3 is 2.67 bits per heavy atom. The minimum Gasteiger partial charge on any atom is -0.326 e. The lowest BCUT2D eigenvalue weighted by Gasteiger charge is -2.11. The van der Waals surface area contributed by atoms with Crippen LogP contribution in [0.15, 0.2) is 29.4 Å². The van der Waals surface area contributed by atoms with Gasteiger partial charge in [0, 0.05) is 37.5 Å². The van der Waals surface area contributed by atoms with Gasteiger partial charge in [-0.2, -0.15) is 5.10 Å². The fourth-order valence-corrected chi connectivity index (χ4v) is 3.24. The Bertz CT molecular complexity index is 756. The van der Waals surface area contributed by atoms with Gasteiger partial charge in [0.1, 0.15) is 5.82 Å². The number of hydrogen-bond acceptors (Lipinski definition) is 4. The molecule has 0 aliphatic heterocycles. The van der Waals surface area contributed by atoms with Crippen LogP contribution in [0.1, 0.15) is 16.7 Å². The summed E-state index contributed by atoms with van der Waals surface area (Å²) in [5, 5.41) is 3.95. The van der Waals surface area contributed by atoms with Crippen LogP contribution < -0.4 is 10.5 Å². The number of rotatable bonds is 5. The highest BCUT2D eigenvalue weighted by atomic mass is 32.2. The third-order valence-corrected chi connectivity index (χ3v) is 4.63. The summed E-state index contributed by atoms with van der Waals surface area (Å²) in [5.74, 6) is -0.584. The Labute approximate surface area is 122 Å². The first-order valence-electron chi connectivity index (χ1n) is 6.30. The van der Waals surface area contributed by atoms with E-state index >= 15 is 0 Å². The Kier molecular flexibility index (Phi) is 4.40. The van der Waals surface area contributed by atoms with Crippen molar-refractivity contribution in [1.29, 1.82) is 0 Å². The quantitative estimate of drug-likeness (QED) is 0.854. The van der Waals surface area contributed by atoms with Crippen LogP contribution in [0.25, 0.3) is 0 Å². The van der Waals surface area contributed by atoms with Gasteiger partial charge in [0.25, 0.3) is 0 Å². The first-order valence-corrected chi connectivity index (χ1v) is 7.78. The molecule has 1 aromatic carbocycles. The minimum absolute atomic E-state index is 0.0718. The van der Waals surface area contributed by atoms with E-state index in [2.05, 4.69) is 9.82 Å². The summed E-state index contributed by atoms with van der Waals surface area (Å²) in [6.07, 6.45) is 3.26. The van der Waals surface area contributed by atoms with Crippen molar-refractivity contribution in [3.05, 3.63) is 47.0 Å². The van der Waals surface area contributed by atoms with Crippen molar-refractivity contribution in [1.82, 2.24) is 14.5 Å². The zero-order valence-electron chi connectivity index (χ0n) is 11.8. The van der Waals surface area contributed by atoms with E-state index in [-0.39, 0.29) is 23.5 Å². The van der Waals surface area contributed by atoms with E-state index in [9.17, 15) is 12.8 Å². The van der Waals surface area contributed by atoms with Crippen molar-refractivity contribution in [3.63, 3.8) is 0 Å². The highest BCUT2D eigenvalue weighted by Crippen LogP contribution is 2.20. The van der Waals surface area contributed by atoms with E-state index in [0.717, 1.165) is 0 Å². The molecule has 0 aliphatic carbocycles. The van der Waals surface area contributed by atoms with Gasteiger partial charge in [-0.15, -0.1) is 0 Å². The molecule has 0 saturated heterocycles. The number of nitrogens with two attached hydrogens (primary N) is 1. The van der Waals surface area contributed by atoms with Crippen LogP contribution in [-0.2, 0) is 30.2 Å². The molecule has 0 spiro atoms. The number of nitrogens with one attached hydrogen (secondary N) is 1. The fraction of sp³-hybridized carbons (Fsp3) is 0.308. The van der Waals surface area contributed by atoms with Gasteiger partial charge in [-0.1, -0.05) is 0 Å². The summed E-state index contributed by atoms with van der Waals surface area (Å²) < 4.78 is 42.4. The van der Waals surface area contributed by atoms with Crippen molar-refractivity contribution in [2.75, 3.05) is 0 Å². The topological polar surface area (TPSA) is 90.0 Å². The number of halogens is 1. The van der Waals surface area contributed by atoms with Crippen molar-refractivity contribution < 1.29 is 12.8 Å². The summed E-state index contributed by atoms with van der Waals surface area (Å²) in [7, 11) is -2.08. The van der Waals surface area contributed by atoms with Gasteiger partial charge < -0.3 is 5.73 Å². The number of sulfonamides is 1. The number of aryl methyl sites for hydroxylation is 1. The molecule has 0 aliphatic rings. The second kappa shape index (κ2) is 5.92. The Balaban J connectivity index is 2.29. The lowest BCUT2D eigenvalue weighted by atomic mass is 10.1.